The average molecular weight is 341 g/mol. The van der Waals surface area contributed by atoms with Gasteiger partial charge in [-0.3, -0.25) is 4.68 Å². The second kappa shape index (κ2) is 7.11. The number of rotatable bonds is 6. The molecule has 3 rings (SSSR count). The minimum Gasteiger partial charge on any atom is -0.496 e. The summed E-state index contributed by atoms with van der Waals surface area (Å²) >= 11 is 0. The molecule has 6 heteroatoms. The van der Waals surface area contributed by atoms with Crippen LogP contribution in [0.2, 0.25) is 0 Å². The highest BCUT2D eigenvalue weighted by molar-refractivity contribution is 5.63. The predicted molar refractivity (Wildman–Crippen MR) is 94.8 cm³/mol. The van der Waals surface area contributed by atoms with E-state index in [-0.39, 0.29) is 6.61 Å². The van der Waals surface area contributed by atoms with Crippen molar-refractivity contribution in [2.24, 2.45) is 0 Å². The zero-order valence-corrected chi connectivity index (χ0v) is 15.0. The van der Waals surface area contributed by atoms with Gasteiger partial charge in [0.25, 0.3) is 0 Å². The van der Waals surface area contributed by atoms with Crippen LogP contribution in [0.3, 0.4) is 0 Å². The number of ether oxygens (including phenoxy) is 1. The third-order valence-corrected chi connectivity index (χ3v) is 4.48. The standard InChI is InChI=1S/C19H23N3O3/c1-12-13(2)18(24-4)6-5-16(12)19-21-17(14(3)25-19)11-22-10-15(7-8-23)9-20-22/h5-6,9-10,23H,7-8,11H2,1-4H3. The summed E-state index contributed by atoms with van der Waals surface area (Å²) in [5, 5.41) is 13.3. The highest BCUT2D eigenvalue weighted by Gasteiger charge is 2.16. The minimum atomic E-state index is 0.120. The fraction of sp³-hybridized carbons (Fsp3) is 0.368. The fourth-order valence-electron chi connectivity index (χ4n) is 2.84. The van der Waals surface area contributed by atoms with Gasteiger partial charge in [-0.25, -0.2) is 4.98 Å². The zero-order valence-electron chi connectivity index (χ0n) is 15.0. The number of hydrogen-bond acceptors (Lipinski definition) is 5. The van der Waals surface area contributed by atoms with Crippen LogP contribution in [0.4, 0.5) is 0 Å². The lowest BCUT2D eigenvalue weighted by molar-refractivity contribution is 0.299. The van der Waals surface area contributed by atoms with Gasteiger partial charge in [-0.2, -0.15) is 5.10 Å². The van der Waals surface area contributed by atoms with Crippen LogP contribution in [0.25, 0.3) is 11.5 Å². The van der Waals surface area contributed by atoms with E-state index in [9.17, 15) is 0 Å². The first-order valence-electron chi connectivity index (χ1n) is 8.26. The van der Waals surface area contributed by atoms with Gasteiger partial charge in [0.2, 0.25) is 5.89 Å². The second-order valence-corrected chi connectivity index (χ2v) is 6.11. The van der Waals surface area contributed by atoms with Crippen LogP contribution < -0.4 is 4.74 Å². The van der Waals surface area contributed by atoms with Crippen LogP contribution in [0.15, 0.2) is 28.9 Å². The van der Waals surface area contributed by atoms with Gasteiger partial charge in [0, 0.05) is 18.4 Å². The number of aryl methyl sites for hydroxylation is 1. The molecule has 0 amide bonds. The Morgan fingerprint density at radius 2 is 2.00 bits per heavy atom. The monoisotopic (exact) mass is 341 g/mol. The van der Waals surface area contributed by atoms with Crippen molar-refractivity contribution in [3.8, 4) is 17.2 Å². The topological polar surface area (TPSA) is 73.3 Å². The van der Waals surface area contributed by atoms with Crippen LogP contribution in [0.5, 0.6) is 5.75 Å². The first-order valence-corrected chi connectivity index (χ1v) is 8.26. The van der Waals surface area contributed by atoms with Crippen molar-refractivity contribution < 1.29 is 14.3 Å². The molecule has 0 spiro atoms. The molecule has 0 bridgehead atoms. The molecule has 0 fully saturated rings. The van der Waals surface area contributed by atoms with Gasteiger partial charge in [0.1, 0.15) is 17.2 Å². The molecule has 1 aromatic carbocycles. The molecule has 0 unspecified atom stereocenters. The van der Waals surface area contributed by atoms with E-state index in [2.05, 4.69) is 10.1 Å². The summed E-state index contributed by atoms with van der Waals surface area (Å²) in [4.78, 5) is 4.67. The van der Waals surface area contributed by atoms with Gasteiger partial charge in [-0.1, -0.05) is 0 Å². The Balaban J connectivity index is 1.88. The van der Waals surface area contributed by atoms with Crippen molar-refractivity contribution >= 4 is 0 Å². The van der Waals surface area contributed by atoms with E-state index in [0.717, 1.165) is 39.5 Å². The largest absolute Gasteiger partial charge is 0.496 e. The maximum absolute atomic E-state index is 9.00. The summed E-state index contributed by atoms with van der Waals surface area (Å²) in [7, 11) is 1.67. The number of oxazole rings is 1. The van der Waals surface area contributed by atoms with Crippen molar-refractivity contribution in [3.63, 3.8) is 0 Å². The average Bonchev–Trinajstić information content (AvgIpc) is 3.18. The Bertz CT molecular complexity index is 880. The molecule has 132 valence electrons. The lowest BCUT2D eigenvalue weighted by Gasteiger charge is -2.10. The van der Waals surface area contributed by atoms with Crippen molar-refractivity contribution in [2.45, 2.75) is 33.7 Å². The van der Waals surface area contributed by atoms with Crippen molar-refractivity contribution in [3.05, 3.63) is 52.7 Å². The number of aliphatic hydroxyl groups is 1. The molecule has 0 saturated heterocycles. The van der Waals surface area contributed by atoms with Crippen LogP contribution >= 0.6 is 0 Å². The normalized spacial score (nSPS) is 11.1. The molecule has 0 saturated carbocycles. The smallest absolute Gasteiger partial charge is 0.226 e. The lowest BCUT2D eigenvalue weighted by atomic mass is 10.0. The third kappa shape index (κ3) is 3.44. The van der Waals surface area contributed by atoms with E-state index in [1.54, 1.807) is 13.3 Å². The second-order valence-electron chi connectivity index (χ2n) is 6.11. The Labute approximate surface area is 147 Å². The van der Waals surface area contributed by atoms with E-state index in [4.69, 9.17) is 14.3 Å². The highest BCUT2D eigenvalue weighted by Crippen LogP contribution is 2.31. The van der Waals surface area contributed by atoms with Gasteiger partial charge in [0.15, 0.2) is 0 Å². The molecule has 0 atom stereocenters. The predicted octanol–water partition coefficient (Wildman–Crippen LogP) is 3.06. The summed E-state index contributed by atoms with van der Waals surface area (Å²) < 4.78 is 13.1. The Morgan fingerprint density at radius 1 is 1.20 bits per heavy atom. The van der Waals surface area contributed by atoms with Gasteiger partial charge >= 0.3 is 0 Å². The SMILES string of the molecule is COc1ccc(-c2nc(Cn3cc(CCO)cn3)c(C)o2)c(C)c1C. The maximum Gasteiger partial charge on any atom is 0.226 e. The summed E-state index contributed by atoms with van der Waals surface area (Å²) in [6, 6.07) is 3.91. The van der Waals surface area contributed by atoms with Crippen molar-refractivity contribution in [2.75, 3.05) is 13.7 Å². The summed E-state index contributed by atoms with van der Waals surface area (Å²) in [6.45, 7) is 6.64. The Morgan fingerprint density at radius 3 is 2.72 bits per heavy atom. The summed E-state index contributed by atoms with van der Waals surface area (Å²) in [6.07, 6.45) is 4.30. The van der Waals surface area contributed by atoms with Crippen LogP contribution in [-0.4, -0.2) is 33.6 Å². The number of nitrogens with zero attached hydrogens (tertiary/aromatic N) is 3. The highest BCUT2D eigenvalue weighted by atomic mass is 16.5. The number of methoxy groups -OCH3 is 1. The van der Waals surface area contributed by atoms with Crippen molar-refractivity contribution in [1.29, 1.82) is 0 Å². The van der Waals surface area contributed by atoms with Crippen LogP contribution in [-0.2, 0) is 13.0 Å². The minimum absolute atomic E-state index is 0.120. The third-order valence-electron chi connectivity index (χ3n) is 4.48. The summed E-state index contributed by atoms with van der Waals surface area (Å²) in [5.41, 5.74) is 5.00. The zero-order chi connectivity index (χ0) is 18.0. The van der Waals surface area contributed by atoms with E-state index in [0.29, 0.717) is 18.9 Å². The van der Waals surface area contributed by atoms with Gasteiger partial charge < -0.3 is 14.3 Å². The Kier molecular flexibility index (Phi) is 4.90. The van der Waals surface area contributed by atoms with Gasteiger partial charge in [-0.05, 0) is 56.0 Å². The number of aliphatic hydroxyl groups excluding tert-OH is 1. The van der Waals surface area contributed by atoms with E-state index in [1.807, 2.05) is 43.8 Å². The Hall–Kier alpha value is -2.60. The van der Waals surface area contributed by atoms with E-state index < -0.39 is 0 Å². The van der Waals surface area contributed by atoms with Crippen LogP contribution in [0.1, 0.15) is 28.1 Å². The molecule has 2 heterocycles. The van der Waals surface area contributed by atoms with Crippen LogP contribution in [0, 0.1) is 20.8 Å². The molecule has 0 aliphatic heterocycles. The van der Waals surface area contributed by atoms with Gasteiger partial charge in [0.05, 0.1) is 19.9 Å². The molecule has 0 aliphatic carbocycles. The first-order chi connectivity index (χ1) is 12.0. The molecular weight excluding hydrogens is 318 g/mol. The first kappa shape index (κ1) is 17.2. The quantitative estimate of drug-likeness (QED) is 0.746. The molecular formula is C19H23N3O3. The van der Waals surface area contributed by atoms with E-state index in [1.165, 1.54) is 0 Å². The number of aromatic nitrogens is 3. The summed E-state index contributed by atoms with van der Waals surface area (Å²) in [5.74, 6) is 2.25. The number of hydrogen-bond donors (Lipinski definition) is 1. The van der Waals surface area contributed by atoms with Crippen molar-refractivity contribution in [1.82, 2.24) is 14.8 Å². The molecule has 2 aromatic heterocycles. The van der Waals surface area contributed by atoms with E-state index >= 15 is 0 Å². The molecule has 6 nitrogen and oxygen atoms in total. The number of benzene rings is 1. The molecule has 0 aliphatic rings. The molecule has 1 N–H and O–H groups in total. The fourth-order valence-corrected chi connectivity index (χ4v) is 2.84. The lowest BCUT2D eigenvalue weighted by Crippen LogP contribution is -2.02. The maximum atomic E-state index is 9.00. The molecule has 0 radical (unpaired) electrons. The van der Waals surface area contributed by atoms with Gasteiger partial charge in [-0.15, -0.1) is 0 Å². The molecule has 25 heavy (non-hydrogen) atoms. The molecule has 3 aromatic rings.